The van der Waals surface area contributed by atoms with Crippen molar-refractivity contribution in [3.05, 3.63) is 132 Å². The summed E-state index contributed by atoms with van der Waals surface area (Å²) in [6, 6.07) is 24.6. The maximum absolute atomic E-state index is 13.1. The summed E-state index contributed by atoms with van der Waals surface area (Å²) < 4.78 is 133. The van der Waals surface area contributed by atoms with E-state index in [1.807, 2.05) is 0 Å². The monoisotopic (exact) mass is 1090 g/mol. The van der Waals surface area contributed by atoms with E-state index in [2.05, 4.69) is 40.2 Å². The zero-order chi connectivity index (χ0) is 48.9. The number of nitrogens with zero attached hydrogens (tertiary/aromatic N) is 5. The van der Waals surface area contributed by atoms with Crippen LogP contribution in [0.5, 0.6) is 0 Å². The fourth-order valence-corrected chi connectivity index (χ4v) is 9.01. The average Bonchev–Trinajstić information content (AvgIpc) is 3.90. The number of nitrogens with one attached hydrogen (secondary N) is 3. The first kappa shape index (κ1) is 60.7. The van der Waals surface area contributed by atoms with Gasteiger partial charge in [-0.05, 0) is 108 Å². The molecule has 2 aromatic heterocycles. The number of hydrogen-bond acceptors (Lipinski definition) is 17. The second-order valence-corrected chi connectivity index (χ2v) is 19.9. The Morgan fingerprint density at radius 2 is 0.972 bits per heavy atom. The van der Waals surface area contributed by atoms with E-state index in [1.165, 1.54) is 36.4 Å². The molecule has 0 radical (unpaired) electrons. The third-order valence-electron chi connectivity index (χ3n) is 9.64. The summed E-state index contributed by atoms with van der Waals surface area (Å²) in [6.07, 6.45) is 0. The van der Waals surface area contributed by atoms with Crippen molar-refractivity contribution in [3.63, 3.8) is 0 Å². The molecule has 23 nitrogen and oxygen atoms in total. The minimum absolute atomic E-state index is 0. The number of aliphatic imine (C=N–C) groups is 3. The van der Waals surface area contributed by atoms with E-state index >= 15 is 0 Å². The minimum atomic E-state index is -5.11. The van der Waals surface area contributed by atoms with Gasteiger partial charge in [-0.1, -0.05) is 36.4 Å². The Morgan fingerprint density at radius 3 is 1.44 bits per heavy atom. The second-order valence-electron chi connectivity index (χ2n) is 14.3. The maximum Gasteiger partial charge on any atom is 1.00 e. The third kappa shape index (κ3) is 14.3. The number of anilines is 1. The first-order valence-corrected chi connectivity index (χ1v) is 24.5. The zero-order valence-electron chi connectivity index (χ0n) is 37.7. The fourth-order valence-electron chi connectivity index (χ4n) is 6.55. The van der Waals surface area contributed by atoms with E-state index in [1.54, 1.807) is 48.5 Å². The summed E-state index contributed by atoms with van der Waals surface area (Å²) in [6.45, 7) is 0. The molecule has 0 atom stereocenters. The third-order valence-corrected chi connectivity index (χ3v) is 13.1. The van der Waals surface area contributed by atoms with Crippen LogP contribution in [-0.2, 0) is 40.5 Å². The van der Waals surface area contributed by atoms with Gasteiger partial charge >= 0.3 is 118 Å². The van der Waals surface area contributed by atoms with Crippen LogP contribution in [0.2, 0.25) is 0 Å². The van der Waals surface area contributed by atoms with Crippen LogP contribution in [0.15, 0.2) is 156 Å². The maximum atomic E-state index is 13.1. The van der Waals surface area contributed by atoms with Gasteiger partial charge in [0.2, 0.25) is 0 Å². The number of fused-ring (bicyclic) bond motifs is 2. The van der Waals surface area contributed by atoms with Crippen molar-refractivity contribution >= 4 is 103 Å². The number of hydrogen-bond donors (Lipinski definition) is 6. The van der Waals surface area contributed by atoms with E-state index in [9.17, 15) is 67.2 Å². The van der Waals surface area contributed by atoms with E-state index in [4.69, 9.17) is 0 Å². The van der Waals surface area contributed by atoms with Gasteiger partial charge in [0.1, 0.15) is 31.6 Å². The topological polar surface area (TPSA) is 396 Å². The van der Waals surface area contributed by atoms with Crippen molar-refractivity contribution < 1.29 is 185 Å². The quantitative estimate of drug-likeness (QED) is 0.0286. The number of H-pyrrole nitrogens is 2. The van der Waals surface area contributed by atoms with Crippen LogP contribution in [0.1, 0.15) is 11.1 Å². The molecule has 8 aromatic rings. The van der Waals surface area contributed by atoms with Crippen LogP contribution in [-0.4, -0.2) is 89.6 Å². The normalized spacial score (nSPS) is 12.6. The van der Waals surface area contributed by atoms with Gasteiger partial charge in [0.05, 0.1) is 54.9 Å². The van der Waals surface area contributed by atoms with Crippen LogP contribution in [0.3, 0.4) is 0 Å². The van der Waals surface area contributed by atoms with Crippen LogP contribution in [0, 0.1) is 0 Å². The average molecular weight is 1090 g/mol. The van der Waals surface area contributed by atoms with Gasteiger partial charge in [0.15, 0.2) is 0 Å². The van der Waals surface area contributed by atoms with Gasteiger partial charge in [-0.3, -0.25) is 23.6 Å². The molecule has 0 aliphatic rings. The van der Waals surface area contributed by atoms with Gasteiger partial charge in [0, 0.05) is 16.8 Å². The molecule has 0 amide bonds. The molecular weight excluding hydrogens is 1060 g/mol. The molecule has 348 valence electrons. The summed E-state index contributed by atoms with van der Waals surface area (Å²) in [5.74, 6) is -1.31. The van der Waals surface area contributed by atoms with Gasteiger partial charge in [-0.25, -0.2) is 23.4 Å². The molecule has 6 N–H and O–H groups in total. The molecule has 0 aliphatic carbocycles. The number of imidazole rings is 2. The molecule has 0 spiro atoms. The Hall–Kier alpha value is -3.89. The molecule has 0 bridgehead atoms. The smallest absolute Gasteiger partial charge is 0.858 e. The number of benzene rings is 6. The zero-order valence-corrected chi connectivity index (χ0v) is 48.9. The van der Waals surface area contributed by atoms with Gasteiger partial charge in [0.25, 0.3) is 30.4 Å². The van der Waals surface area contributed by atoms with E-state index in [-0.39, 0.29) is 135 Å². The van der Waals surface area contributed by atoms with E-state index in [0.717, 1.165) is 24.3 Å². The molecule has 0 fully saturated rings. The summed E-state index contributed by atoms with van der Waals surface area (Å²) >= 11 is 0. The van der Waals surface area contributed by atoms with Crippen LogP contribution in [0.4, 0.5) is 22.7 Å². The molecule has 6 aromatic carbocycles. The first-order valence-electron chi connectivity index (χ1n) is 18.8. The summed E-state index contributed by atoms with van der Waals surface area (Å²) in [5.41, 5.74) is 1.77. The molecule has 0 saturated heterocycles. The number of amidine groups is 1. The van der Waals surface area contributed by atoms with Crippen molar-refractivity contribution in [2.75, 3.05) is 5.32 Å². The summed E-state index contributed by atoms with van der Waals surface area (Å²) in [4.78, 5) is 22.8. The standard InChI is InChI=1S/C41H30N8O15S4.4Na/c50-39(48-31-13-9-27(65(53,54)55)19-35(31)67(59,60)61)23-7-11-29-33(17-23)46-37(44-29)21-3-1-5-25(15-21)42-41(52)43-26-6-2-4-22(16-26)38-45-30-12-8-24(18-34(30)47-38)40(51)49-32-14-10-28(66(56,57)58)20-36(32)68(62,63)64;;;;/h1-20H,(H,44,46)(H,45,47)(H,48,50)(H,49,51)(H2,42,43,52)(H,53,54,55)(H,56,57,58)(H,59,60,61)(H,62,63,64);;;;/q;4*+1/p-4. The minimum Gasteiger partial charge on any atom is -0.858 e. The molecule has 0 unspecified atom stereocenters. The predicted octanol–water partition coefficient (Wildman–Crippen LogP) is -9.23. The molecule has 31 heteroatoms. The Morgan fingerprint density at radius 1 is 0.514 bits per heavy atom. The molecular formula is C41H26N8Na4O15S4. The fraction of sp³-hybridized carbons (Fsp3) is 0. The van der Waals surface area contributed by atoms with Crippen LogP contribution >= 0.6 is 0 Å². The van der Waals surface area contributed by atoms with Crippen molar-refractivity contribution in [1.29, 1.82) is 0 Å². The number of aromatic nitrogens is 4. The Balaban J connectivity index is 0.00000281. The predicted molar refractivity (Wildman–Crippen MR) is 236 cm³/mol. The van der Waals surface area contributed by atoms with Crippen molar-refractivity contribution in [3.8, 4) is 22.8 Å². The van der Waals surface area contributed by atoms with Crippen molar-refractivity contribution in [2.45, 2.75) is 19.6 Å². The SMILES string of the molecule is O=S(=O)([O-])c1ccc(N=C([O-])c2ccc3nc(-c4cccc(N=C([O-])Nc5cccc(-c6nc7ccc(C([O-])=Nc8ccc(S(=O)(=O)O)cc8S(=O)(=O)O)cc7[nH]6)c5)c4)[nH]c3c2)c(S(=O)(=O)O)c1.[Na+].[Na+].[Na+].[Na+]. The molecule has 72 heavy (non-hydrogen) atoms. The van der Waals surface area contributed by atoms with E-state index in [0.29, 0.717) is 62.7 Å². The van der Waals surface area contributed by atoms with Crippen molar-refractivity contribution in [1.82, 2.24) is 19.9 Å². The van der Waals surface area contributed by atoms with Gasteiger partial charge in [-0.2, -0.15) is 25.3 Å². The molecule has 0 saturated carbocycles. The Labute approximate surface area is 497 Å². The molecule has 2 heterocycles. The van der Waals surface area contributed by atoms with Gasteiger partial charge in [-0.15, -0.1) is 0 Å². The van der Waals surface area contributed by atoms with Crippen LogP contribution in [0.25, 0.3) is 44.8 Å². The summed E-state index contributed by atoms with van der Waals surface area (Å²) in [7, 11) is -20.1. The van der Waals surface area contributed by atoms with Crippen molar-refractivity contribution in [2.24, 2.45) is 15.0 Å². The number of aromatic amines is 2. The Kier molecular flexibility index (Phi) is 20.0. The first-order chi connectivity index (χ1) is 31.9. The number of rotatable bonds is 12. The second kappa shape index (κ2) is 23.8. The van der Waals surface area contributed by atoms with Crippen LogP contribution < -0.4 is 139 Å². The molecule has 0 aliphatic heterocycles. The largest absolute Gasteiger partial charge is 1.00 e. The van der Waals surface area contributed by atoms with Gasteiger partial charge < -0.3 is 35.2 Å². The summed E-state index contributed by atoms with van der Waals surface area (Å²) in [5, 5.41) is 42.0. The van der Waals surface area contributed by atoms with E-state index < -0.39 is 89.2 Å². The molecule has 8 rings (SSSR count). The Bertz CT molecular complexity index is 3970.